The van der Waals surface area contributed by atoms with Gasteiger partial charge in [-0.2, -0.15) is 0 Å². The van der Waals surface area contributed by atoms with Gasteiger partial charge in [-0.25, -0.2) is 0 Å². The minimum atomic E-state index is 0.339. The SMILES string of the molecule is CNCc1occc1COC1CCOCC1. The summed E-state index contributed by atoms with van der Waals surface area (Å²) in [6.45, 7) is 3.02. The maximum absolute atomic E-state index is 5.85. The van der Waals surface area contributed by atoms with Gasteiger partial charge in [-0.3, -0.25) is 0 Å². The lowest BCUT2D eigenvalue weighted by atomic mass is 10.1. The first-order valence-corrected chi connectivity index (χ1v) is 5.79. The number of ether oxygens (including phenoxy) is 2. The number of hydrogen-bond donors (Lipinski definition) is 1. The quantitative estimate of drug-likeness (QED) is 0.828. The monoisotopic (exact) mass is 225 g/mol. The molecule has 4 nitrogen and oxygen atoms in total. The van der Waals surface area contributed by atoms with E-state index in [1.54, 1.807) is 6.26 Å². The zero-order chi connectivity index (χ0) is 11.2. The van der Waals surface area contributed by atoms with Crippen LogP contribution in [-0.2, 0) is 22.6 Å². The standard InChI is InChI=1S/C12H19NO3/c1-13-8-12-10(2-7-15-12)9-16-11-3-5-14-6-4-11/h2,7,11,13H,3-6,8-9H2,1H3. The zero-order valence-corrected chi connectivity index (χ0v) is 9.70. The van der Waals surface area contributed by atoms with Gasteiger partial charge < -0.3 is 19.2 Å². The van der Waals surface area contributed by atoms with Gasteiger partial charge in [0.05, 0.1) is 25.5 Å². The first-order valence-electron chi connectivity index (χ1n) is 5.79. The molecule has 1 aliphatic heterocycles. The third kappa shape index (κ3) is 3.07. The van der Waals surface area contributed by atoms with E-state index >= 15 is 0 Å². The second-order valence-corrected chi connectivity index (χ2v) is 4.02. The van der Waals surface area contributed by atoms with E-state index in [0.29, 0.717) is 12.7 Å². The molecule has 1 aromatic heterocycles. The summed E-state index contributed by atoms with van der Waals surface area (Å²) in [5.41, 5.74) is 1.14. The summed E-state index contributed by atoms with van der Waals surface area (Å²) in [5, 5.41) is 3.08. The number of nitrogens with one attached hydrogen (secondary N) is 1. The van der Waals surface area contributed by atoms with Crippen molar-refractivity contribution in [3.63, 3.8) is 0 Å². The van der Waals surface area contributed by atoms with Crippen molar-refractivity contribution in [1.82, 2.24) is 5.32 Å². The van der Waals surface area contributed by atoms with Crippen LogP contribution in [0.5, 0.6) is 0 Å². The van der Waals surface area contributed by atoms with Crippen molar-refractivity contribution < 1.29 is 13.9 Å². The topological polar surface area (TPSA) is 43.6 Å². The Kier molecular flexibility index (Phi) is 4.39. The van der Waals surface area contributed by atoms with Crippen LogP contribution in [0.1, 0.15) is 24.2 Å². The van der Waals surface area contributed by atoms with Gasteiger partial charge in [0.2, 0.25) is 0 Å². The number of furan rings is 1. The average Bonchev–Trinajstić information content (AvgIpc) is 2.76. The van der Waals surface area contributed by atoms with Crippen molar-refractivity contribution in [2.24, 2.45) is 0 Å². The van der Waals surface area contributed by atoms with E-state index in [2.05, 4.69) is 5.32 Å². The molecule has 1 aromatic rings. The zero-order valence-electron chi connectivity index (χ0n) is 9.70. The highest BCUT2D eigenvalue weighted by atomic mass is 16.5. The third-order valence-electron chi connectivity index (χ3n) is 2.82. The predicted molar refractivity (Wildman–Crippen MR) is 60.1 cm³/mol. The van der Waals surface area contributed by atoms with Crippen LogP contribution in [-0.4, -0.2) is 26.4 Å². The van der Waals surface area contributed by atoms with Crippen LogP contribution in [0.2, 0.25) is 0 Å². The van der Waals surface area contributed by atoms with Gasteiger partial charge in [0, 0.05) is 18.8 Å². The van der Waals surface area contributed by atoms with E-state index in [4.69, 9.17) is 13.9 Å². The molecule has 0 amide bonds. The summed E-state index contributed by atoms with van der Waals surface area (Å²) in [6, 6.07) is 1.98. The predicted octanol–water partition coefficient (Wildman–Crippen LogP) is 1.69. The van der Waals surface area contributed by atoms with Gasteiger partial charge in [0.25, 0.3) is 0 Å². The highest BCUT2D eigenvalue weighted by molar-refractivity contribution is 5.15. The Morgan fingerprint density at radius 1 is 1.44 bits per heavy atom. The van der Waals surface area contributed by atoms with E-state index in [1.165, 1.54) is 0 Å². The normalized spacial score (nSPS) is 17.8. The molecule has 0 unspecified atom stereocenters. The average molecular weight is 225 g/mol. The molecule has 1 fully saturated rings. The van der Waals surface area contributed by atoms with Gasteiger partial charge in [-0.15, -0.1) is 0 Å². The Hall–Kier alpha value is -0.840. The van der Waals surface area contributed by atoms with Crippen LogP contribution >= 0.6 is 0 Å². The van der Waals surface area contributed by atoms with E-state index in [-0.39, 0.29) is 0 Å². The van der Waals surface area contributed by atoms with E-state index in [0.717, 1.165) is 43.9 Å². The molecule has 0 atom stereocenters. The molecule has 2 rings (SSSR count). The summed E-state index contributed by atoms with van der Waals surface area (Å²) < 4.78 is 16.5. The van der Waals surface area contributed by atoms with Crippen molar-refractivity contribution in [1.29, 1.82) is 0 Å². The van der Waals surface area contributed by atoms with Crippen molar-refractivity contribution in [2.45, 2.75) is 32.1 Å². The lowest BCUT2D eigenvalue weighted by Gasteiger charge is -2.22. The smallest absolute Gasteiger partial charge is 0.123 e. The lowest BCUT2D eigenvalue weighted by Crippen LogP contribution is -2.23. The molecule has 1 saturated heterocycles. The summed E-state index contributed by atoms with van der Waals surface area (Å²) in [6.07, 6.45) is 4.06. The fourth-order valence-corrected chi connectivity index (χ4v) is 1.86. The van der Waals surface area contributed by atoms with Gasteiger partial charge in [0.15, 0.2) is 0 Å². The van der Waals surface area contributed by atoms with Crippen LogP contribution in [0.4, 0.5) is 0 Å². The van der Waals surface area contributed by atoms with E-state index in [9.17, 15) is 0 Å². The second-order valence-electron chi connectivity index (χ2n) is 4.02. The van der Waals surface area contributed by atoms with Crippen LogP contribution in [0, 0.1) is 0 Å². The molecule has 90 valence electrons. The van der Waals surface area contributed by atoms with Crippen LogP contribution in [0.15, 0.2) is 16.7 Å². The Labute approximate surface area is 95.9 Å². The minimum absolute atomic E-state index is 0.339. The van der Waals surface area contributed by atoms with Crippen molar-refractivity contribution in [3.8, 4) is 0 Å². The molecule has 4 heteroatoms. The summed E-state index contributed by atoms with van der Waals surface area (Å²) in [5.74, 6) is 0.967. The van der Waals surface area contributed by atoms with Gasteiger partial charge in [-0.1, -0.05) is 0 Å². The maximum atomic E-state index is 5.85. The molecular formula is C12H19NO3. The molecule has 1 N–H and O–H groups in total. The lowest BCUT2D eigenvalue weighted by molar-refractivity contribution is -0.0393. The molecule has 0 spiro atoms. The van der Waals surface area contributed by atoms with Crippen molar-refractivity contribution >= 4 is 0 Å². The Morgan fingerprint density at radius 2 is 2.25 bits per heavy atom. The Bertz CT molecular complexity index is 305. The summed E-state index contributed by atoms with van der Waals surface area (Å²) in [7, 11) is 1.91. The fraction of sp³-hybridized carbons (Fsp3) is 0.667. The molecule has 0 aromatic carbocycles. The maximum Gasteiger partial charge on any atom is 0.123 e. The molecule has 0 bridgehead atoms. The first-order chi connectivity index (χ1) is 7.90. The molecular weight excluding hydrogens is 206 g/mol. The van der Waals surface area contributed by atoms with Gasteiger partial charge >= 0.3 is 0 Å². The van der Waals surface area contributed by atoms with Gasteiger partial charge in [0.1, 0.15) is 5.76 Å². The number of rotatable bonds is 5. The molecule has 0 radical (unpaired) electrons. The van der Waals surface area contributed by atoms with Crippen molar-refractivity contribution in [3.05, 3.63) is 23.7 Å². The largest absolute Gasteiger partial charge is 0.468 e. The van der Waals surface area contributed by atoms with E-state index in [1.807, 2.05) is 13.1 Å². The highest BCUT2D eigenvalue weighted by Gasteiger charge is 2.15. The molecule has 0 aliphatic carbocycles. The van der Waals surface area contributed by atoms with E-state index < -0.39 is 0 Å². The summed E-state index contributed by atoms with van der Waals surface area (Å²) in [4.78, 5) is 0. The van der Waals surface area contributed by atoms with Crippen molar-refractivity contribution in [2.75, 3.05) is 20.3 Å². The van der Waals surface area contributed by atoms with Crippen LogP contribution < -0.4 is 5.32 Å². The van der Waals surface area contributed by atoms with Crippen LogP contribution in [0.25, 0.3) is 0 Å². The fourth-order valence-electron chi connectivity index (χ4n) is 1.86. The third-order valence-corrected chi connectivity index (χ3v) is 2.82. The Morgan fingerprint density at radius 3 is 3.00 bits per heavy atom. The second kappa shape index (κ2) is 6.03. The van der Waals surface area contributed by atoms with Crippen LogP contribution in [0.3, 0.4) is 0 Å². The highest BCUT2D eigenvalue weighted by Crippen LogP contribution is 2.16. The van der Waals surface area contributed by atoms with Gasteiger partial charge in [-0.05, 0) is 26.0 Å². The number of hydrogen-bond acceptors (Lipinski definition) is 4. The minimum Gasteiger partial charge on any atom is -0.468 e. The first kappa shape index (κ1) is 11.6. The molecule has 0 saturated carbocycles. The Balaban J connectivity index is 1.81. The molecule has 16 heavy (non-hydrogen) atoms. The molecule has 2 heterocycles. The summed E-state index contributed by atoms with van der Waals surface area (Å²) >= 11 is 0. The molecule has 1 aliphatic rings.